The Balaban J connectivity index is 1.62. The number of rotatable bonds is 5. The average Bonchev–Trinajstić information content (AvgIpc) is 3.01. The van der Waals surface area contributed by atoms with Crippen molar-refractivity contribution in [3.05, 3.63) is 83.1 Å². The number of fused-ring (bicyclic) bond motifs is 1. The fraction of sp³-hybridized carbons (Fsp3) is 0.143. The summed E-state index contributed by atoms with van der Waals surface area (Å²) in [6.07, 6.45) is -0.707. The van der Waals surface area contributed by atoms with E-state index in [1.54, 1.807) is 30.6 Å². The highest BCUT2D eigenvalue weighted by Gasteiger charge is 2.30. The third-order valence-electron chi connectivity index (χ3n) is 4.44. The first-order valence-electron chi connectivity index (χ1n) is 8.77. The molecule has 0 aliphatic rings. The summed E-state index contributed by atoms with van der Waals surface area (Å²) < 4.78 is 47.7. The SMILES string of the molecule is O=c1oc2ccc(-c3ccc(OC(F)(F)F)cc3)cc2n1CCc1cccnc1. The Labute approximate surface area is 163 Å². The van der Waals surface area contributed by atoms with Crippen LogP contribution in [0.4, 0.5) is 13.2 Å². The molecule has 0 atom stereocenters. The van der Waals surface area contributed by atoms with Crippen LogP contribution in [0, 0.1) is 0 Å². The normalized spacial score (nSPS) is 11.7. The molecule has 2 heterocycles. The number of aryl methyl sites for hydroxylation is 2. The van der Waals surface area contributed by atoms with Crippen molar-refractivity contribution in [3.63, 3.8) is 0 Å². The van der Waals surface area contributed by atoms with Crippen LogP contribution in [-0.4, -0.2) is 15.9 Å². The van der Waals surface area contributed by atoms with Crippen molar-refractivity contribution in [3.8, 4) is 16.9 Å². The Morgan fingerprint density at radius 2 is 1.79 bits per heavy atom. The van der Waals surface area contributed by atoms with Crippen LogP contribution in [0.15, 0.2) is 76.2 Å². The van der Waals surface area contributed by atoms with Gasteiger partial charge < -0.3 is 9.15 Å². The van der Waals surface area contributed by atoms with E-state index in [4.69, 9.17) is 4.42 Å². The number of aromatic nitrogens is 2. The van der Waals surface area contributed by atoms with Gasteiger partial charge in [0.05, 0.1) is 5.52 Å². The molecule has 0 N–H and O–H groups in total. The molecule has 0 bridgehead atoms. The van der Waals surface area contributed by atoms with Crippen LogP contribution in [0.5, 0.6) is 5.75 Å². The van der Waals surface area contributed by atoms with Gasteiger partial charge in [0.2, 0.25) is 0 Å². The summed E-state index contributed by atoms with van der Waals surface area (Å²) in [5.74, 6) is -0.756. The minimum absolute atomic E-state index is 0.293. The quantitative estimate of drug-likeness (QED) is 0.483. The predicted molar refractivity (Wildman–Crippen MR) is 101 cm³/mol. The fourth-order valence-corrected chi connectivity index (χ4v) is 3.09. The van der Waals surface area contributed by atoms with Gasteiger partial charge in [0.25, 0.3) is 0 Å². The van der Waals surface area contributed by atoms with Crippen molar-refractivity contribution < 1.29 is 22.3 Å². The molecule has 0 radical (unpaired) electrons. The number of ether oxygens (including phenoxy) is 1. The molecule has 2 aromatic heterocycles. The maximum absolute atomic E-state index is 12.3. The van der Waals surface area contributed by atoms with E-state index in [-0.39, 0.29) is 5.75 Å². The summed E-state index contributed by atoms with van der Waals surface area (Å²) in [6.45, 7) is 0.416. The maximum Gasteiger partial charge on any atom is 0.573 e. The van der Waals surface area contributed by atoms with E-state index in [0.717, 1.165) is 11.1 Å². The Kier molecular flexibility index (Phi) is 4.84. The van der Waals surface area contributed by atoms with Crippen LogP contribution in [0.25, 0.3) is 22.2 Å². The summed E-state index contributed by atoms with van der Waals surface area (Å²) in [7, 11) is 0. The van der Waals surface area contributed by atoms with Crippen molar-refractivity contribution in [2.45, 2.75) is 19.3 Å². The maximum atomic E-state index is 12.3. The summed E-state index contributed by atoms with van der Waals surface area (Å²) in [4.78, 5) is 16.3. The standard InChI is InChI=1S/C21H15F3N2O3/c22-21(23,24)29-17-6-3-15(4-7-17)16-5-8-19-18(12-16)26(20(27)28-19)11-9-14-2-1-10-25-13-14/h1-8,10,12-13H,9,11H2. The molecule has 0 fully saturated rings. The van der Waals surface area contributed by atoms with E-state index in [0.29, 0.717) is 29.6 Å². The van der Waals surface area contributed by atoms with Crippen molar-refractivity contribution in [1.29, 1.82) is 0 Å². The zero-order chi connectivity index (χ0) is 20.4. The van der Waals surface area contributed by atoms with E-state index in [1.807, 2.05) is 12.1 Å². The minimum atomic E-state index is -4.73. The lowest BCUT2D eigenvalue weighted by Gasteiger charge is -2.09. The average molecular weight is 400 g/mol. The van der Waals surface area contributed by atoms with Crippen LogP contribution >= 0.6 is 0 Å². The van der Waals surface area contributed by atoms with Gasteiger partial charge in [-0.15, -0.1) is 13.2 Å². The van der Waals surface area contributed by atoms with Gasteiger partial charge >= 0.3 is 12.1 Å². The summed E-state index contributed by atoms with van der Waals surface area (Å²) >= 11 is 0. The molecule has 5 nitrogen and oxygen atoms in total. The molecule has 0 aliphatic heterocycles. The highest BCUT2D eigenvalue weighted by molar-refractivity contribution is 5.80. The number of hydrogen-bond acceptors (Lipinski definition) is 4. The van der Waals surface area contributed by atoms with Crippen LogP contribution in [0.2, 0.25) is 0 Å². The number of hydrogen-bond donors (Lipinski definition) is 0. The smallest absolute Gasteiger partial charge is 0.408 e. The van der Waals surface area contributed by atoms with Gasteiger partial charge in [-0.1, -0.05) is 24.3 Å². The monoisotopic (exact) mass is 400 g/mol. The molecule has 29 heavy (non-hydrogen) atoms. The molecule has 0 saturated carbocycles. The Morgan fingerprint density at radius 1 is 1.03 bits per heavy atom. The van der Waals surface area contributed by atoms with E-state index in [9.17, 15) is 18.0 Å². The molecule has 0 spiro atoms. The largest absolute Gasteiger partial charge is 0.573 e. The zero-order valence-electron chi connectivity index (χ0n) is 15.0. The second-order valence-corrected chi connectivity index (χ2v) is 6.39. The van der Waals surface area contributed by atoms with Crippen LogP contribution in [-0.2, 0) is 13.0 Å². The number of halogens is 3. The molecule has 148 valence electrons. The van der Waals surface area contributed by atoms with Gasteiger partial charge in [-0.3, -0.25) is 9.55 Å². The predicted octanol–water partition coefficient (Wildman–Crippen LogP) is 4.80. The van der Waals surface area contributed by atoms with Crippen LogP contribution < -0.4 is 10.5 Å². The molecule has 4 aromatic rings. The molecule has 0 aliphatic carbocycles. The number of benzene rings is 2. The highest BCUT2D eigenvalue weighted by Crippen LogP contribution is 2.28. The van der Waals surface area contributed by atoms with Gasteiger partial charge in [0, 0.05) is 18.9 Å². The molecule has 0 unspecified atom stereocenters. The molecule has 0 saturated heterocycles. The van der Waals surface area contributed by atoms with Crippen LogP contribution in [0.3, 0.4) is 0 Å². The fourth-order valence-electron chi connectivity index (χ4n) is 3.09. The second kappa shape index (κ2) is 7.46. The Morgan fingerprint density at radius 3 is 2.48 bits per heavy atom. The molecule has 0 amide bonds. The van der Waals surface area contributed by atoms with Crippen molar-refractivity contribution in [1.82, 2.24) is 9.55 Å². The molecular weight excluding hydrogens is 385 g/mol. The summed E-state index contributed by atoms with van der Waals surface area (Å²) in [5.41, 5.74) is 3.49. The first-order chi connectivity index (χ1) is 13.9. The molecule has 8 heteroatoms. The van der Waals surface area contributed by atoms with Gasteiger partial charge in [0.15, 0.2) is 5.58 Å². The molecule has 2 aromatic carbocycles. The summed E-state index contributed by atoms with van der Waals surface area (Å²) in [5, 5.41) is 0. The zero-order valence-corrected chi connectivity index (χ0v) is 15.0. The van der Waals surface area contributed by atoms with E-state index in [1.165, 1.54) is 28.8 Å². The number of nitrogens with zero attached hydrogens (tertiary/aromatic N) is 2. The number of alkyl halides is 3. The van der Waals surface area contributed by atoms with Gasteiger partial charge in [0.1, 0.15) is 5.75 Å². The van der Waals surface area contributed by atoms with E-state index < -0.39 is 12.1 Å². The van der Waals surface area contributed by atoms with Crippen molar-refractivity contribution in [2.24, 2.45) is 0 Å². The van der Waals surface area contributed by atoms with Crippen molar-refractivity contribution >= 4 is 11.1 Å². The Hall–Kier alpha value is -3.55. The minimum Gasteiger partial charge on any atom is -0.408 e. The lowest BCUT2D eigenvalue weighted by Crippen LogP contribution is -2.16. The van der Waals surface area contributed by atoms with Crippen molar-refractivity contribution in [2.75, 3.05) is 0 Å². The van der Waals surface area contributed by atoms with Gasteiger partial charge in [-0.25, -0.2) is 4.79 Å². The first kappa shape index (κ1) is 18.8. The topological polar surface area (TPSA) is 57.3 Å². The molecule has 4 rings (SSSR count). The van der Waals surface area contributed by atoms with Gasteiger partial charge in [-0.05, 0) is 53.4 Å². The number of oxazole rings is 1. The lowest BCUT2D eigenvalue weighted by atomic mass is 10.1. The Bertz CT molecular complexity index is 1180. The summed E-state index contributed by atoms with van der Waals surface area (Å²) in [6, 6.07) is 14.5. The second-order valence-electron chi connectivity index (χ2n) is 6.39. The van der Waals surface area contributed by atoms with Crippen LogP contribution in [0.1, 0.15) is 5.56 Å². The van der Waals surface area contributed by atoms with E-state index >= 15 is 0 Å². The lowest BCUT2D eigenvalue weighted by molar-refractivity contribution is -0.274. The third kappa shape index (κ3) is 4.31. The number of pyridine rings is 1. The third-order valence-corrected chi connectivity index (χ3v) is 4.44. The van der Waals surface area contributed by atoms with E-state index in [2.05, 4.69) is 9.72 Å². The van der Waals surface area contributed by atoms with Gasteiger partial charge in [-0.2, -0.15) is 0 Å². The molecular formula is C21H15F3N2O3. The first-order valence-corrected chi connectivity index (χ1v) is 8.77. The highest BCUT2D eigenvalue weighted by atomic mass is 19.4.